The second kappa shape index (κ2) is 6.45. The van der Waals surface area contributed by atoms with Crippen LogP contribution in [0.5, 0.6) is 0 Å². The summed E-state index contributed by atoms with van der Waals surface area (Å²) in [5.41, 5.74) is 0.818. The fourth-order valence-corrected chi connectivity index (χ4v) is 3.27. The molecule has 3 rings (SSSR count). The standard InChI is InChI=1S/C17H23FN2O3/c1-20(2)15-4-3-12(11-14(15)18)16(21)19-13-5-7-17(8-6-13)22-9-10-23-17/h3-4,11,13H,5-10H2,1-2H3,(H,19,21). The zero-order chi connectivity index (χ0) is 16.4. The zero-order valence-electron chi connectivity index (χ0n) is 13.6. The quantitative estimate of drug-likeness (QED) is 0.928. The van der Waals surface area contributed by atoms with Gasteiger partial charge in [0.2, 0.25) is 0 Å². The first-order chi connectivity index (χ1) is 11.0. The summed E-state index contributed by atoms with van der Waals surface area (Å²) >= 11 is 0. The maximum absolute atomic E-state index is 14.0. The van der Waals surface area contributed by atoms with E-state index in [-0.39, 0.29) is 11.9 Å². The molecule has 1 aromatic carbocycles. The molecule has 1 saturated heterocycles. The van der Waals surface area contributed by atoms with E-state index < -0.39 is 11.6 Å². The topological polar surface area (TPSA) is 50.8 Å². The van der Waals surface area contributed by atoms with Crippen LogP contribution < -0.4 is 10.2 Å². The lowest BCUT2D eigenvalue weighted by atomic mass is 9.90. The summed E-state index contributed by atoms with van der Waals surface area (Å²) in [4.78, 5) is 14.0. The average Bonchev–Trinajstić information content (AvgIpc) is 2.97. The van der Waals surface area contributed by atoms with Crippen LogP contribution in [-0.4, -0.2) is 45.0 Å². The lowest BCUT2D eigenvalue weighted by Gasteiger charge is -2.35. The van der Waals surface area contributed by atoms with Gasteiger partial charge >= 0.3 is 0 Å². The number of rotatable bonds is 3. The van der Waals surface area contributed by atoms with E-state index in [4.69, 9.17) is 9.47 Å². The molecule has 2 fully saturated rings. The minimum absolute atomic E-state index is 0.0810. The van der Waals surface area contributed by atoms with Crippen molar-refractivity contribution in [3.63, 3.8) is 0 Å². The molecule has 0 atom stereocenters. The van der Waals surface area contributed by atoms with Crippen molar-refractivity contribution in [1.82, 2.24) is 5.32 Å². The van der Waals surface area contributed by atoms with Gasteiger partial charge in [-0.15, -0.1) is 0 Å². The molecule has 6 heteroatoms. The number of carbonyl (C=O) groups is 1. The van der Waals surface area contributed by atoms with Crippen molar-refractivity contribution in [2.24, 2.45) is 0 Å². The highest BCUT2D eigenvalue weighted by Crippen LogP contribution is 2.35. The molecular weight excluding hydrogens is 299 g/mol. The highest BCUT2D eigenvalue weighted by molar-refractivity contribution is 5.94. The molecule has 23 heavy (non-hydrogen) atoms. The first-order valence-corrected chi connectivity index (χ1v) is 8.05. The van der Waals surface area contributed by atoms with Gasteiger partial charge < -0.3 is 19.7 Å². The third-order valence-electron chi connectivity index (χ3n) is 4.59. The van der Waals surface area contributed by atoms with Gasteiger partial charge in [0.1, 0.15) is 5.82 Å². The molecule has 5 nitrogen and oxygen atoms in total. The van der Waals surface area contributed by atoms with Crippen molar-refractivity contribution < 1.29 is 18.7 Å². The molecule has 2 aliphatic rings. The molecule has 0 radical (unpaired) electrons. The van der Waals surface area contributed by atoms with Crippen molar-refractivity contribution in [3.05, 3.63) is 29.6 Å². The number of amides is 1. The number of ether oxygens (including phenoxy) is 2. The molecule has 0 unspecified atom stereocenters. The van der Waals surface area contributed by atoms with Gasteiger partial charge in [-0.25, -0.2) is 4.39 Å². The lowest BCUT2D eigenvalue weighted by Crippen LogP contribution is -2.44. The van der Waals surface area contributed by atoms with Crippen LogP contribution in [0.4, 0.5) is 10.1 Å². The Balaban J connectivity index is 1.58. The second-order valence-corrected chi connectivity index (χ2v) is 6.42. The van der Waals surface area contributed by atoms with Crippen molar-refractivity contribution >= 4 is 11.6 Å². The Kier molecular flexibility index (Phi) is 4.55. The maximum Gasteiger partial charge on any atom is 0.251 e. The molecule has 1 N–H and O–H groups in total. The third kappa shape index (κ3) is 3.48. The number of benzene rings is 1. The number of nitrogens with one attached hydrogen (secondary N) is 1. The first-order valence-electron chi connectivity index (χ1n) is 8.05. The molecule has 0 bridgehead atoms. The predicted octanol–water partition coefficient (Wildman–Crippen LogP) is 2.31. The summed E-state index contributed by atoms with van der Waals surface area (Å²) in [5, 5.41) is 2.99. The number of hydrogen-bond acceptors (Lipinski definition) is 4. The Hall–Kier alpha value is -1.66. The summed E-state index contributed by atoms with van der Waals surface area (Å²) in [6, 6.07) is 4.65. The van der Waals surface area contributed by atoms with Crippen LogP contribution in [0.1, 0.15) is 36.0 Å². The minimum atomic E-state index is -0.430. The number of anilines is 1. The van der Waals surface area contributed by atoms with Crippen LogP contribution in [0.25, 0.3) is 0 Å². The number of carbonyl (C=O) groups excluding carboxylic acids is 1. The SMILES string of the molecule is CN(C)c1ccc(C(=O)NC2CCC3(CC2)OCCO3)cc1F. The highest BCUT2D eigenvalue weighted by atomic mass is 19.1. The fourth-order valence-electron chi connectivity index (χ4n) is 3.27. The van der Waals surface area contributed by atoms with Gasteiger partial charge in [0, 0.05) is 38.5 Å². The van der Waals surface area contributed by atoms with Crippen LogP contribution in [0, 0.1) is 5.82 Å². The van der Waals surface area contributed by atoms with Gasteiger partial charge in [-0.05, 0) is 31.0 Å². The molecule has 126 valence electrons. The van der Waals surface area contributed by atoms with Gasteiger partial charge in [0.25, 0.3) is 5.91 Å². The summed E-state index contributed by atoms with van der Waals surface area (Å²) in [6.07, 6.45) is 3.19. The van der Waals surface area contributed by atoms with E-state index >= 15 is 0 Å². The van der Waals surface area contributed by atoms with Crippen molar-refractivity contribution in [2.75, 3.05) is 32.2 Å². The molecule has 1 aromatic rings. The highest BCUT2D eigenvalue weighted by Gasteiger charge is 2.40. The zero-order valence-corrected chi connectivity index (χ0v) is 13.6. The Morgan fingerprint density at radius 3 is 2.48 bits per heavy atom. The van der Waals surface area contributed by atoms with E-state index in [1.165, 1.54) is 6.07 Å². The third-order valence-corrected chi connectivity index (χ3v) is 4.59. The van der Waals surface area contributed by atoms with E-state index in [0.717, 1.165) is 25.7 Å². The van der Waals surface area contributed by atoms with Crippen LogP contribution in [0.2, 0.25) is 0 Å². The normalized spacial score (nSPS) is 20.7. The Morgan fingerprint density at radius 1 is 1.26 bits per heavy atom. The summed E-state index contributed by atoms with van der Waals surface area (Å²) in [5.74, 6) is -1.05. The molecular formula is C17H23FN2O3. The first kappa shape index (κ1) is 16.2. The molecule has 1 spiro atoms. The Morgan fingerprint density at radius 2 is 1.91 bits per heavy atom. The van der Waals surface area contributed by atoms with E-state index in [2.05, 4.69) is 5.32 Å². The molecule has 1 aliphatic carbocycles. The van der Waals surface area contributed by atoms with Crippen LogP contribution >= 0.6 is 0 Å². The number of hydrogen-bond donors (Lipinski definition) is 1. The van der Waals surface area contributed by atoms with Crippen molar-refractivity contribution in [1.29, 1.82) is 0 Å². The number of halogens is 1. The predicted molar refractivity (Wildman–Crippen MR) is 85.1 cm³/mol. The largest absolute Gasteiger partial charge is 0.375 e. The molecule has 1 aliphatic heterocycles. The van der Waals surface area contributed by atoms with E-state index in [1.807, 2.05) is 0 Å². The van der Waals surface area contributed by atoms with Gasteiger partial charge in [0.15, 0.2) is 5.79 Å². The fraction of sp³-hybridized carbons (Fsp3) is 0.588. The smallest absolute Gasteiger partial charge is 0.251 e. The average molecular weight is 322 g/mol. The van der Waals surface area contributed by atoms with Gasteiger partial charge in [-0.2, -0.15) is 0 Å². The van der Waals surface area contributed by atoms with Gasteiger partial charge in [-0.3, -0.25) is 4.79 Å². The van der Waals surface area contributed by atoms with E-state index in [9.17, 15) is 9.18 Å². The van der Waals surface area contributed by atoms with Gasteiger partial charge in [0.05, 0.1) is 18.9 Å². The maximum atomic E-state index is 14.0. The van der Waals surface area contributed by atoms with E-state index in [1.54, 1.807) is 31.1 Å². The van der Waals surface area contributed by atoms with E-state index in [0.29, 0.717) is 24.5 Å². The molecule has 1 amide bonds. The Bertz CT molecular complexity index is 575. The lowest BCUT2D eigenvalue weighted by molar-refractivity contribution is -0.179. The monoisotopic (exact) mass is 322 g/mol. The van der Waals surface area contributed by atoms with Crippen LogP contribution in [0.15, 0.2) is 18.2 Å². The van der Waals surface area contributed by atoms with Gasteiger partial charge in [-0.1, -0.05) is 0 Å². The van der Waals surface area contributed by atoms with Crippen LogP contribution in [-0.2, 0) is 9.47 Å². The molecule has 1 saturated carbocycles. The Labute approximate surface area is 135 Å². The molecule has 0 aromatic heterocycles. The summed E-state index contributed by atoms with van der Waals surface area (Å²) < 4.78 is 25.3. The second-order valence-electron chi connectivity index (χ2n) is 6.42. The van der Waals surface area contributed by atoms with Crippen molar-refractivity contribution in [2.45, 2.75) is 37.5 Å². The summed E-state index contributed by atoms with van der Waals surface area (Å²) in [7, 11) is 3.53. The number of nitrogens with zero attached hydrogens (tertiary/aromatic N) is 1. The summed E-state index contributed by atoms with van der Waals surface area (Å²) in [6.45, 7) is 1.29. The van der Waals surface area contributed by atoms with Crippen LogP contribution in [0.3, 0.4) is 0 Å². The minimum Gasteiger partial charge on any atom is -0.375 e. The molecule has 1 heterocycles. The van der Waals surface area contributed by atoms with Crippen molar-refractivity contribution in [3.8, 4) is 0 Å².